The van der Waals surface area contributed by atoms with Crippen molar-refractivity contribution in [3.63, 3.8) is 0 Å². The van der Waals surface area contributed by atoms with Gasteiger partial charge in [-0.25, -0.2) is 5.43 Å². The average Bonchev–Trinajstić information content (AvgIpc) is 2.63. The number of amides is 1. The SMILES string of the molecule is CCCC(Oc1ccc(Cl)cc1)C(=O)NN=Cc1ccc(N(C)C)cc1. The zero-order valence-corrected chi connectivity index (χ0v) is 16.0. The molecule has 0 heterocycles. The molecular weight excluding hydrogens is 350 g/mol. The number of rotatable bonds is 8. The predicted molar refractivity (Wildman–Crippen MR) is 107 cm³/mol. The Morgan fingerprint density at radius 2 is 1.85 bits per heavy atom. The lowest BCUT2D eigenvalue weighted by Gasteiger charge is -2.16. The summed E-state index contributed by atoms with van der Waals surface area (Å²) in [5.74, 6) is 0.328. The Morgan fingerprint density at radius 3 is 2.42 bits per heavy atom. The molecule has 0 saturated carbocycles. The van der Waals surface area contributed by atoms with E-state index in [-0.39, 0.29) is 5.91 Å². The zero-order chi connectivity index (χ0) is 18.9. The monoisotopic (exact) mass is 373 g/mol. The maximum Gasteiger partial charge on any atom is 0.281 e. The number of nitrogens with zero attached hydrogens (tertiary/aromatic N) is 2. The number of anilines is 1. The summed E-state index contributed by atoms with van der Waals surface area (Å²) in [5, 5.41) is 4.66. The van der Waals surface area contributed by atoms with Crippen molar-refractivity contribution in [2.75, 3.05) is 19.0 Å². The summed E-state index contributed by atoms with van der Waals surface area (Å²) >= 11 is 5.87. The van der Waals surface area contributed by atoms with Crippen LogP contribution in [0.15, 0.2) is 53.6 Å². The molecule has 0 aliphatic carbocycles. The summed E-state index contributed by atoms with van der Waals surface area (Å²) in [6.45, 7) is 2.00. The number of carbonyl (C=O) groups is 1. The van der Waals surface area contributed by atoms with Crippen LogP contribution in [0.3, 0.4) is 0 Å². The lowest BCUT2D eigenvalue weighted by Crippen LogP contribution is -2.35. The minimum absolute atomic E-state index is 0.275. The van der Waals surface area contributed by atoms with Crippen LogP contribution in [0.5, 0.6) is 5.75 Å². The van der Waals surface area contributed by atoms with Crippen molar-refractivity contribution >= 4 is 29.4 Å². The van der Waals surface area contributed by atoms with E-state index < -0.39 is 6.10 Å². The van der Waals surface area contributed by atoms with Crippen LogP contribution in [0, 0.1) is 0 Å². The third-order valence-corrected chi connectivity index (χ3v) is 3.99. The minimum atomic E-state index is -0.602. The second-order valence-electron chi connectivity index (χ2n) is 6.07. The molecule has 0 aliphatic rings. The molecule has 0 bridgehead atoms. The van der Waals surface area contributed by atoms with E-state index in [1.807, 2.05) is 50.2 Å². The van der Waals surface area contributed by atoms with Gasteiger partial charge >= 0.3 is 0 Å². The van der Waals surface area contributed by atoms with Gasteiger partial charge in [-0.15, -0.1) is 0 Å². The molecule has 0 fully saturated rings. The van der Waals surface area contributed by atoms with Crippen LogP contribution in [0.4, 0.5) is 5.69 Å². The van der Waals surface area contributed by atoms with Crippen LogP contribution in [-0.4, -0.2) is 32.3 Å². The van der Waals surface area contributed by atoms with E-state index >= 15 is 0 Å². The Labute approximate surface area is 159 Å². The lowest BCUT2D eigenvalue weighted by molar-refractivity contribution is -0.128. The van der Waals surface area contributed by atoms with Gasteiger partial charge in [-0.05, 0) is 48.4 Å². The number of hydrazone groups is 1. The molecule has 2 rings (SSSR count). The molecule has 6 heteroatoms. The first-order valence-electron chi connectivity index (χ1n) is 8.52. The quantitative estimate of drug-likeness (QED) is 0.559. The Balaban J connectivity index is 1.94. The van der Waals surface area contributed by atoms with Crippen molar-refractivity contribution in [3.8, 4) is 5.75 Å². The number of nitrogens with one attached hydrogen (secondary N) is 1. The van der Waals surface area contributed by atoms with Gasteiger partial charge < -0.3 is 9.64 Å². The van der Waals surface area contributed by atoms with Gasteiger partial charge in [0.2, 0.25) is 0 Å². The molecule has 0 radical (unpaired) electrons. The lowest BCUT2D eigenvalue weighted by atomic mass is 10.2. The standard InChI is InChI=1S/C20H24ClN3O2/c1-4-5-19(26-18-12-8-16(21)9-13-18)20(25)23-22-14-15-6-10-17(11-7-15)24(2)3/h6-14,19H,4-5H2,1-3H3,(H,23,25). The number of hydrogen-bond acceptors (Lipinski definition) is 4. The fraction of sp³-hybridized carbons (Fsp3) is 0.300. The summed E-state index contributed by atoms with van der Waals surface area (Å²) in [4.78, 5) is 14.4. The molecule has 138 valence electrons. The van der Waals surface area contributed by atoms with Crippen LogP contribution in [-0.2, 0) is 4.79 Å². The molecule has 2 aromatic carbocycles. The van der Waals surface area contributed by atoms with Gasteiger partial charge in [-0.1, -0.05) is 37.1 Å². The van der Waals surface area contributed by atoms with E-state index in [4.69, 9.17) is 16.3 Å². The van der Waals surface area contributed by atoms with E-state index in [1.54, 1.807) is 30.5 Å². The van der Waals surface area contributed by atoms with Gasteiger partial charge in [-0.2, -0.15) is 5.10 Å². The first kappa shape index (κ1) is 19.8. The molecule has 1 unspecified atom stereocenters. The van der Waals surface area contributed by atoms with E-state index in [1.165, 1.54) is 0 Å². The smallest absolute Gasteiger partial charge is 0.281 e. The van der Waals surface area contributed by atoms with Gasteiger partial charge in [0.25, 0.3) is 5.91 Å². The van der Waals surface area contributed by atoms with Crippen LogP contribution < -0.4 is 15.1 Å². The van der Waals surface area contributed by atoms with Crippen LogP contribution in [0.2, 0.25) is 5.02 Å². The highest BCUT2D eigenvalue weighted by Crippen LogP contribution is 2.18. The highest BCUT2D eigenvalue weighted by Gasteiger charge is 2.19. The third-order valence-electron chi connectivity index (χ3n) is 3.73. The van der Waals surface area contributed by atoms with Crippen molar-refractivity contribution < 1.29 is 9.53 Å². The molecule has 0 saturated heterocycles. The van der Waals surface area contributed by atoms with Crippen molar-refractivity contribution in [3.05, 3.63) is 59.1 Å². The Kier molecular flexibility index (Phi) is 7.48. The molecule has 2 aromatic rings. The topological polar surface area (TPSA) is 53.9 Å². The molecule has 0 aliphatic heterocycles. The Morgan fingerprint density at radius 1 is 1.19 bits per heavy atom. The molecule has 0 aromatic heterocycles. The number of ether oxygens (including phenoxy) is 1. The summed E-state index contributed by atoms with van der Waals surface area (Å²) in [5.41, 5.74) is 4.56. The van der Waals surface area contributed by atoms with Crippen molar-refractivity contribution in [2.45, 2.75) is 25.9 Å². The largest absolute Gasteiger partial charge is 0.481 e. The first-order chi connectivity index (χ1) is 12.5. The van der Waals surface area contributed by atoms with E-state index in [2.05, 4.69) is 10.5 Å². The molecule has 5 nitrogen and oxygen atoms in total. The number of halogens is 1. The molecule has 1 amide bonds. The Hall–Kier alpha value is -2.53. The maximum atomic E-state index is 12.4. The summed E-state index contributed by atoms with van der Waals surface area (Å²) in [7, 11) is 3.97. The summed E-state index contributed by atoms with van der Waals surface area (Å²) in [6, 6.07) is 14.8. The normalized spacial score (nSPS) is 12.0. The molecule has 26 heavy (non-hydrogen) atoms. The fourth-order valence-electron chi connectivity index (χ4n) is 2.28. The molecule has 0 spiro atoms. The van der Waals surface area contributed by atoms with E-state index in [0.29, 0.717) is 17.2 Å². The van der Waals surface area contributed by atoms with Gasteiger partial charge in [0.1, 0.15) is 5.75 Å². The number of carbonyl (C=O) groups excluding carboxylic acids is 1. The fourth-order valence-corrected chi connectivity index (χ4v) is 2.41. The van der Waals surface area contributed by atoms with Gasteiger partial charge in [0, 0.05) is 24.8 Å². The van der Waals surface area contributed by atoms with Gasteiger partial charge in [-0.3, -0.25) is 4.79 Å². The second kappa shape index (κ2) is 9.82. The molecule has 1 atom stereocenters. The van der Waals surface area contributed by atoms with E-state index in [0.717, 1.165) is 17.7 Å². The number of benzene rings is 2. The van der Waals surface area contributed by atoms with E-state index in [9.17, 15) is 4.79 Å². The Bertz CT molecular complexity index is 728. The first-order valence-corrected chi connectivity index (χ1v) is 8.90. The van der Waals surface area contributed by atoms with Gasteiger partial charge in [0.05, 0.1) is 6.21 Å². The average molecular weight is 374 g/mol. The van der Waals surface area contributed by atoms with Crippen LogP contribution >= 0.6 is 11.6 Å². The third kappa shape index (κ3) is 6.08. The molecular formula is C20H24ClN3O2. The van der Waals surface area contributed by atoms with Crippen LogP contribution in [0.25, 0.3) is 0 Å². The zero-order valence-electron chi connectivity index (χ0n) is 15.3. The maximum absolute atomic E-state index is 12.4. The van der Waals surface area contributed by atoms with Crippen molar-refractivity contribution in [2.24, 2.45) is 5.10 Å². The van der Waals surface area contributed by atoms with Crippen LogP contribution in [0.1, 0.15) is 25.3 Å². The van der Waals surface area contributed by atoms with Gasteiger partial charge in [0.15, 0.2) is 6.10 Å². The summed E-state index contributed by atoms with van der Waals surface area (Å²) in [6.07, 6.45) is 2.43. The summed E-state index contributed by atoms with van der Waals surface area (Å²) < 4.78 is 5.77. The highest BCUT2D eigenvalue weighted by molar-refractivity contribution is 6.30. The number of hydrogen-bond donors (Lipinski definition) is 1. The van der Waals surface area contributed by atoms with Crippen molar-refractivity contribution in [1.82, 2.24) is 5.43 Å². The molecule has 1 N–H and O–H groups in total. The highest BCUT2D eigenvalue weighted by atomic mass is 35.5. The second-order valence-corrected chi connectivity index (χ2v) is 6.51. The predicted octanol–water partition coefficient (Wildman–Crippen LogP) is 4.10. The van der Waals surface area contributed by atoms with Crippen molar-refractivity contribution in [1.29, 1.82) is 0 Å². The minimum Gasteiger partial charge on any atom is -0.481 e.